The van der Waals surface area contributed by atoms with E-state index in [2.05, 4.69) is 149 Å². The molecule has 0 fully saturated rings. The largest absolute Gasteiger partial charge is 0.455 e. The van der Waals surface area contributed by atoms with Crippen LogP contribution >= 0.6 is 0 Å². The maximum absolute atomic E-state index is 10.0. The molecule has 0 bridgehead atoms. The van der Waals surface area contributed by atoms with Crippen LogP contribution in [0.15, 0.2) is 156 Å². The van der Waals surface area contributed by atoms with Crippen molar-refractivity contribution in [1.82, 2.24) is 9.13 Å². The first-order chi connectivity index (χ1) is 23.3. The third kappa shape index (κ3) is 3.57. The molecule has 0 aliphatic heterocycles. The molecule has 0 unspecified atom stereocenters. The molecule has 10 aromatic rings. The van der Waals surface area contributed by atoms with Crippen LogP contribution in [0.25, 0.3) is 88.1 Å². The molecular formula is C43H25N3O. The first-order valence-electron chi connectivity index (χ1n) is 15.8. The molecule has 0 N–H and O–H groups in total. The minimum Gasteiger partial charge on any atom is -0.455 e. The van der Waals surface area contributed by atoms with Crippen LogP contribution in [0.1, 0.15) is 5.56 Å². The van der Waals surface area contributed by atoms with Gasteiger partial charge >= 0.3 is 0 Å². The lowest BCUT2D eigenvalue weighted by atomic mass is 9.98. The molecule has 0 aliphatic rings. The van der Waals surface area contributed by atoms with E-state index in [9.17, 15) is 5.26 Å². The van der Waals surface area contributed by atoms with Crippen molar-refractivity contribution < 1.29 is 4.42 Å². The molecule has 0 aliphatic carbocycles. The number of nitrogens with zero attached hydrogens (tertiary/aromatic N) is 3. The Morgan fingerprint density at radius 2 is 1.06 bits per heavy atom. The fraction of sp³-hybridized carbons (Fsp3) is 0. The van der Waals surface area contributed by atoms with Gasteiger partial charge in [0.25, 0.3) is 0 Å². The third-order valence-corrected chi connectivity index (χ3v) is 9.55. The molecule has 3 aromatic heterocycles. The molecule has 4 heteroatoms. The van der Waals surface area contributed by atoms with E-state index < -0.39 is 0 Å². The first kappa shape index (κ1) is 25.7. The van der Waals surface area contributed by atoms with Crippen LogP contribution < -0.4 is 0 Å². The monoisotopic (exact) mass is 599 g/mol. The maximum atomic E-state index is 10.0. The summed E-state index contributed by atoms with van der Waals surface area (Å²) < 4.78 is 11.6. The zero-order valence-corrected chi connectivity index (χ0v) is 25.2. The van der Waals surface area contributed by atoms with Crippen LogP contribution in [-0.2, 0) is 0 Å². The topological polar surface area (TPSA) is 46.8 Å². The quantitative estimate of drug-likeness (QED) is 0.203. The number of fused-ring (bicyclic) bond motifs is 10. The number of nitriles is 1. The first-order valence-corrected chi connectivity index (χ1v) is 15.8. The number of aromatic nitrogens is 2. The summed E-state index contributed by atoms with van der Waals surface area (Å²) in [5.41, 5.74) is 10.8. The van der Waals surface area contributed by atoms with Gasteiger partial charge in [-0.25, -0.2) is 0 Å². The average Bonchev–Trinajstić information content (AvgIpc) is 3.79. The predicted octanol–water partition coefficient (Wildman–Crippen LogP) is 11.3. The Morgan fingerprint density at radius 1 is 0.447 bits per heavy atom. The van der Waals surface area contributed by atoms with Gasteiger partial charge in [0.15, 0.2) is 0 Å². The van der Waals surface area contributed by atoms with Crippen LogP contribution in [0.2, 0.25) is 0 Å². The highest BCUT2D eigenvalue weighted by Gasteiger charge is 2.22. The average molecular weight is 600 g/mol. The molecule has 3 heterocycles. The van der Waals surface area contributed by atoms with Crippen molar-refractivity contribution >= 4 is 65.6 Å². The second-order valence-corrected chi connectivity index (χ2v) is 12.0. The van der Waals surface area contributed by atoms with Gasteiger partial charge in [0, 0.05) is 43.7 Å². The molecule has 0 radical (unpaired) electrons. The molecule has 4 nitrogen and oxygen atoms in total. The fourth-order valence-electron chi connectivity index (χ4n) is 7.57. The van der Waals surface area contributed by atoms with Gasteiger partial charge in [0.05, 0.1) is 44.8 Å². The van der Waals surface area contributed by atoms with Crippen molar-refractivity contribution in [3.05, 3.63) is 157 Å². The van der Waals surface area contributed by atoms with Crippen molar-refractivity contribution in [3.63, 3.8) is 0 Å². The number of rotatable bonds is 3. The number of para-hydroxylation sites is 5. The number of benzene rings is 7. The summed E-state index contributed by atoms with van der Waals surface area (Å²) in [5, 5.41) is 16.8. The van der Waals surface area contributed by atoms with Gasteiger partial charge in [0.2, 0.25) is 0 Å². The van der Waals surface area contributed by atoms with Gasteiger partial charge in [-0.1, -0.05) is 97.1 Å². The van der Waals surface area contributed by atoms with Gasteiger partial charge < -0.3 is 13.6 Å². The van der Waals surface area contributed by atoms with E-state index in [-0.39, 0.29) is 0 Å². The second kappa shape index (κ2) is 9.71. The molecule has 10 rings (SSSR count). The van der Waals surface area contributed by atoms with Gasteiger partial charge in [-0.2, -0.15) is 5.26 Å². The van der Waals surface area contributed by atoms with Crippen molar-refractivity contribution in [2.75, 3.05) is 0 Å². The van der Waals surface area contributed by atoms with Crippen molar-refractivity contribution in [2.24, 2.45) is 0 Å². The van der Waals surface area contributed by atoms with Gasteiger partial charge in [0.1, 0.15) is 11.2 Å². The van der Waals surface area contributed by atoms with E-state index in [1.54, 1.807) is 0 Å². The highest BCUT2D eigenvalue weighted by Crippen LogP contribution is 2.44. The predicted molar refractivity (Wildman–Crippen MR) is 193 cm³/mol. The Labute approximate surface area is 269 Å². The van der Waals surface area contributed by atoms with E-state index in [1.165, 1.54) is 10.8 Å². The summed E-state index contributed by atoms with van der Waals surface area (Å²) >= 11 is 0. The molecule has 0 amide bonds. The zero-order chi connectivity index (χ0) is 31.1. The number of furan rings is 1. The Balaban J connectivity index is 1.31. The molecule has 0 saturated heterocycles. The summed E-state index contributed by atoms with van der Waals surface area (Å²) in [4.78, 5) is 0. The van der Waals surface area contributed by atoms with Gasteiger partial charge in [-0.05, 0) is 54.6 Å². The summed E-state index contributed by atoms with van der Waals surface area (Å²) in [6.45, 7) is 0. The molecular weight excluding hydrogens is 574 g/mol. The Morgan fingerprint density at radius 3 is 1.79 bits per heavy atom. The number of hydrogen-bond donors (Lipinski definition) is 0. The Hall–Kier alpha value is -6.57. The molecule has 0 saturated carbocycles. The van der Waals surface area contributed by atoms with Crippen LogP contribution in [0.5, 0.6) is 0 Å². The molecule has 0 atom stereocenters. The lowest BCUT2D eigenvalue weighted by Crippen LogP contribution is -1.98. The van der Waals surface area contributed by atoms with E-state index in [0.29, 0.717) is 5.56 Å². The van der Waals surface area contributed by atoms with E-state index >= 15 is 0 Å². The van der Waals surface area contributed by atoms with E-state index in [1.807, 2.05) is 18.2 Å². The van der Waals surface area contributed by atoms with Crippen LogP contribution in [-0.4, -0.2) is 9.13 Å². The summed E-state index contributed by atoms with van der Waals surface area (Å²) in [6.07, 6.45) is 0. The highest BCUT2D eigenvalue weighted by molar-refractivity contribution is 6.25. The molecule has 0 spiro atoms. The standard InChI is InChI=1S/C43H25N3O/c44-26-27-21-22-31(40(25-27)46-36-18-7-4-13-29(36)30-14-5-8-19-37(30)46)32-16-10-17-33-34-23-24-39-41(43(34)47-42(32)33)35-15-6-9-20-38(35)45(39)28-11-2-1-3-12-28/h1-25H. The Bertz CT molecular complexity index is 2860. The minimum atomic E-state index is 0.609. The number of hydrogen-bond acceptors (Lipinski definition) is 2. The van der Waals surface area contributed by atoms with E-state index in [4.69, 9.17) is 4.42 Å². The molecule has 218 valence electrons. The van der Waals surface area contributed by atoms with Crippen molar-refractivity contribution in [2.45, 2.75) is 0 Å². The second-order valence-electron chi connectivity index (χ2n) is 12.0. The lowest BCUT2D eigenvalue weighted by molar-refractivity contribution is 0.674. The fourth-order valence-corrected chi connectivity index (χ4v) is 7.57. The SMILES string of the molecule is N#Cc1ccc(-c2cccc3c2oc2c3ccc3c2c2ccccc2n3-c2ccccc2)c(-n2c3ccccc3c3ccccc32)c1. The normalized spacial score (nSPS) is 11.8. The minimum absolute atomic E-state index is 0.609. The Kier molecular flexibility index (Phi) is 5.32. The van der Waals surface area contributed by atoms with Crippen molar-refractivity contribution in [3.8, 4) is 28.6 Å². The van der Waals surface area contributed by atoms with Crippen LogP contribution in [0.3, 0.4) is 0 Å². The van der Waals surface area contributed by atoms with E-state index in [0.717, 1.165) is 77.3 Å². The molecule has 47 heavy (non-hydrogen) atoms. The lowest BCUT2D eigenvalue weighted by Gasteiger charge is -2.15. The summed E-state index contributed by atoms with van der Waals surface area (Å²) in [5.74, 6) is 0. The van der Waals surface area contributed by atoms with Crippen LogP contribution in [0, 0.1) is 11.3 Å². The van der Waals surface area contributed by atoms with Gasteiger partial charge in [-0.15, -0.1) is 0 Å². The maximum Gasteiger partial charge on any atom is 0.145 e. The smallest absolute Gasteiger partial charge is 0.145 e. The van der Waals surface area contributed by atoms with Crippen molar-refractivity contribution in [1.29, 1.82) is 5.26 Å². The van der Waals surface area contributed by atoms with Gasteiger partial charge in [-0.3, -0.25) is 0 Å². The summed E-state index contributed by atoms with van der Waals surface area (Å²) in [7, 11) is 0. The molecule has 7 aromatic carbocycles. The zero-order valence-electron chi connectivity index (χ0n) is 25.2. The third-order valence-electron chi connectivity index (χ3n) is 9.55. The summed E-state index contributed by atoms with van der Waals surface area (Å²) in [6, 6.07) is 55.1. The van der Waals surface area contributed by atoms with Crippen LogP contribution in [0.4, 0.5) is 0 Å². The highest BCUT2D eigenvalue weighted by atomic mass is 16.3.